The van der Waals surface area contributed by atoms with E-state index in [0.717, 1.165) is 5.46 Å². The first-order valence-electron chi connectivity index (χ1n) is 5.87. The number of hydrogen-bond acceptors (Lipinski definition) is 3. The molecule has 18 heavy (non-hydrogen) atoms. The van der Waals surface area contributed by atoms with Crippen molar-refractivity contribution in [3.8, 4) is 0 Å². The second kappa shape index (κ2) is 4.32. The molecule has 2 rings (SSSR count). The van der Waals surface area contributed by atoms with Crippen LogP contribution in [0.25, 0.3) is 10.4 Å². The fourth-order valence-electron chi connectivity index (χ4n) is 1.80. The first-order chi connectivity index (χ1) is 8.37. The summed E-state index contributed by atoms with van der Waals surface area (Å²) in [6.45, 7) is 7.96. The van der Waals surface area contributed by atoms with E-state index in [9.17, 15) is 0 Å². The Hall–Kier alpha value is -1.49. The van der Waals surface area contributed by atoms with Crippen molar-refractivity contribution in [1.82, 2.24) is 0 Å². The van der Waals surface area contributed by atoms with E-state index in [0.29, 0.717) is 5.69 Å². The molecule has 1 aromatic carbocycles. The molecule has 0 bridgehead atoms. The Bertz CT molecular complexity index is 494. The third-order valence-electron chi connectivity index (χ3n) is 3.60. The predicted molar refractivity (Wildman–Crippen MR) is 71.0 cm³/mol. The van der Waals surface area contributed by atoms with Crippen LogP contribution in [-0.2, 0) is 9.31 Å². The first kappa shape index (κ1) is 13.0. The Labute approximate surface area is 107 Å². The van der Waals surface area contributed by atoms with Crippen molar-refractivity contribution in [2.75, 3.05) is 0 Å². The van der Waals surface area contributed by atoms with E-state index >= 15 is 0 Å². The smallest absolute Gasteiger partial charge is 0.399 e. The predicted octanol–water partition coefficient (Wildman–Crippen LogP) is 2.93. The minimum Gasteiger partial charge on any atom is -0.399 e. The summed E-state index contributed by atoms with van der Waals surface area (Å²) in [4.78, 5) is 2.82. The maximum Gasteiger partial charge on any atom is 0.495 e. The fourth-order valence-corrected chi connectivity index (χ4v) is 1.80. The maximum absolute atomic E-state index is 8.57. The van der Waals surface area contributed by atoms with Gasteiger partial charge in [-0.05, 0) is 38.7 Å². The molecule has 0 radical (unpaired) electrons. The highest BCUT2D eigenvalue weighted by molar-refractivity contribution is 6.63. The summed E-state index contributed by atoms with van der Waals surface area (Å²) in [5, 5.41) is 3.67. The molecule has 5 nitrogen and oxygen atoms in total. The molecule has 0 amide bonds. The van der Waals surface area contributed by atoms with Crippen molar-refractivity contribution in [3.63, 3.8) is 0 Å². The van der Waals surface area contributed by atoms with Crippen LogP contribution in [0.5, 0.6) is 0 Å². The lowest BCUT2D eigenvalue weighted by Gasteiger charge is -2.32. The zero-order valence-electron chi connectivity index (χ0n) is 11.0. The second-order valence-corrected chi connectivity index (χ2v) is 5.34. The molecule has 0 aliphatic carbocycles. The first-order valence-corrected chi connectivity index (χ1v) is 5.87. The van der Waals surface area contributed by atoms with Gasteiger partial charge in [-0.3, -0.25) is 0 Å². The van der Waals surface area contributed by atoms with Gasteiger partial charge in [0, 0.05) is 10.6 Å². The summed E-state index contributed by atoms with van der Waals surface area (Å²) >= 11 is 0. The van der Waals surface area contributed by atoms with Gasteiger partial charge >= 0.3 is 7.12 Å². The Morgan fingerprint density at radius 3 is 2.22 bits per heavy atom. The van der Waals surface area contributed by atoms with Crippen LogP contribution in [0.3, 0.4) is 0 Å². The van der Waals surface area contributed by atoms with Crippen molar-refractivity contribution in [2.45, 2.75) is 38.9 Å². The number of benzene rings is 1. The van der Waals surface area contributed by atoms with Crippen molar-refractivity contribution in [2.24, 2.45) is 5.11 Å². The monoisotopic (exact) mass is 245 g/mol. The molecule has 0 saturated carbocycles. The lowest BCUT2D eigenvalue weighted by Crippen LogP contribution is -2.41. The molecule has 1 aromatic rings. The van der Waals surface area contributed by atoms with Crippen molar-refractivity contribution >= 4 is 18.3 Å². The van der Waals surface area contributed by atoms with Crippen LogP contribution in [0.4, 0.5) is 5.69 Å². The van der Waals surface area contributed by atoms with Crippen LogP contribution >= 0.6 is 0 Å². The molecule has 0 atom stereocenters. The average molecular weight is 245 g/mol. The highest BCUT2D eigenvalue weighted by atomic mass is 16.7. The third-order valence-corrected chi connectivity index (χ3v) is 3.60. The minimum atomic E-state index is -0.503. The van der Waals surface area contributed by atoms with E-state index in [1.807, 2.05) is 45.9 Å². The maximum atomic E-state index is 8.57. The highest BCUT2D eigenvalue weighted by Crippen LogP contribution is 2.37. The summed E-state index contributed by atoms with van der Waals surface area (Å²) in [5.74, 6) is 0. The SMILES string of the molecule is CC1(C)OB(c2ccccc2N=[N+]=[N-])OC1(C)C. The normalized spacial score (nSPS) is 20.6. The van der Waals surface area contributed by atoms with Crippen LogP contribution in [0, 0.1) is 0 Å². The van der Waals surface area contributed by atoms with Gasteiger partial charge in [-0.2, -0.15) is 0 Å². The molecule has 0 aromatic heterocycles. The van der Waals surface area contributed by atoms with Gasteiger partial charge in [0.2, 0.25) is 0 Å². The summed E-state index contributed by atoms with van der Waals surface area (Å²) in [7, 11) is -0.503. The number of nitrogens with zero attached hydrogens (tertiary/aromatic N) is 3. The van der Waals surface area contributed by atoms with E-state index in [1.165, 1.54) is 0 Å². The third kappa shape index (κ3) is 2.10. The molecule has 1 aliphatic heterocycles. The van der Waals surface area contributed by atoms with Gasteiger partial charge in [-0.15, -0.1) is 0 Å². The summed E-state index contributed by atoms with van der Waals surface area (Å²) in [6.07, 6.45) is 0. The molecule has 6 heteroatoms. The Morgan fingerprint density at radius 2 is 1.67 bits per heavy atom. The zero-order chi connectivity index (χ0) is 13.4. The van der Waals surface area contributed by atoms with Gasteiger partial charge < -0.3 is 9.31 Å². The topological polar surface area (TPSA) is 67.2 Å². The number of azide groups is 1. The zero-order valence-corrected chi connectivity index (χ0v) is 11.0. The van der Waals surface area contributed by atoms with Crippen LogP contribution in [-0.4, -0.2) is 18.3 Å². The number of rotatable bonds is 2. The summed E-state index contributed by atoms with van der Waals surface area (Å²) in [5.41, 5.74) is 9.06. The van der Waals surface area contributed by atoms with E-state index in [-0.39, 0.29) is 0 Å². The molecular weight excluding hydrogens is 229 g/mol. The van der Waals surface area contributed by atoms with Crippen molar-refractivity contribution < 1.29 is 9.31 Å². The minimum absolute atomic E-state index is 0.402. The molecule has 0 unspecified atom stereocenters. The fraction of sp³-hybridized carbons (Fsp3) is 0.500. The molecular formula is C12H16BN3O2. The lowest BCUT2D eigenvalue weighted by molar-refractivity contribution is 0.00578. The second-order valence-electron chi connectivity index (χ2n) is 5.34. The molecule has 0 N–H and O–H groups in total. The largest absolute Gasteiger partial charge is 0.495 e. The van der Waals surface area contributed by atoms with E-state index in [4.69, 9.17) is 14.8 Å². The van der Waals surface area contributed by atoms with Gasteiger partial charge in [0.25, 0.3) is 0 Å². The van der Waals surface area contributed by atoms with E-state index in [1.54, 1.807) is 6.07 Å². The average Bonchev–Trinajstić information content (AvgIpc) is 2.49. The van der Waals surface area contributed by atoms with E-state index in [2.05, 4.69) is 10.0 Å². The van der Waals surface area contributed by atoms with Gasteiger partial charge in [-0.25, -0.2) is 0 Å². The van der Waals surface area contributed by atoms with Crippen LogP contribution < -0.4 is 5.46 Å². The number of hydrogen-bond donors (Lipinski definition) is 0. The highest BCUT2D eigenvalue weighted by Gasteiger charge is 2.52. The van der Waals surface area contributed by atoms with Crippen molar-refractivity contribution in [3.05, 3.63) is 34.7 Å². The summed E-state index contributed by atoms with van der Waals surface area (Å²) in [6, 6.07) is 7.29. The summed E-state index contributed by atoms with van der Waals surface area (Å²) < 4.78 is 11.9. The molecule has 1 aliphatic rings. The molecule has 1 fully saturated rings. The molecule has 1 heterocycles. The molecule has 1 saturated heterocycles. The van der Waals surface area contributed by atoms with Crippen molar-refractivity contribution in [1.29, 1.82) is 0 Å². The lowest BCUT2D eigenvalue weighted by atomic mass is 9.78. The van der Waals surface area contributed by atoms with E-state index < -0.39 is 18.3 Å². The Kier molecular flexibility index (Phi) is 3.11. The van der Waals surface area contributed by atoms with Crippen LogP contribution in [0.2, 0.25) is 0 Å². The van der Waals surface area contributed by atoms with Gasteiger partial charge in [-0.1, -0.05) is 29.4 Å². The quantitative estimate of drug-likeness (QED) is 0.348. The van der Waals surface area contributed by atoms with Gasteiger partial charge in [0.05, 0.1) is 11.2 Å². The van der Waals surface area contributed by atoms with Crippen LogP contribution in [0.1, 0.15) is 27.7 Å². The molecule has 94 valence electrons. The standard InChI is InChI=1S/C12H16BN3O2/c1-11(2)12(3,4)18-13(17-11)9-7-5-6-8-10(9)15-16-14/h5-8H,1-4H3. The van der Waals surface area contributed by atoms with Gasteiger partial charge in [0.1, 0.15) is 0 Å². The Morgan fingerprint density at radius 1 is 1.11 bits per heavy atom. The van der Waals surface area contributed by atoms with Gasteiger partial charge in [0.15, 0.2) is 0 Å². The van der Waals surface area contributed by atoms with Crippen LogP contribution in [0.15, 0.2) is 29.4 Å². The molecule has 0 spiro atoms. The Balaban J connectivity index is 2.38.